The number of pyridine rings is 1. The molecule has 3 saturated heterocycles. The van der Waals surface area contributed by atoms with Crippen LogP contribution in [0.2, 0.25) is 0 Å². The molecule has 4 amide bonds. The van der Waals surface area contributed by atoms with E-state index in [1.165, 1.54) is 17.0 Å². The Morgan fingerprint density at radius 2 is 1.89 bits per heavy atom. The molecule has 3 aliphatic heterocycles. The molecule has 1 aromatic carbocycles. The maximum Gasteiger partial charge on any atom is 0.325 e. The normalized spacial score (nSPS) is 25.2. The number of piperidine rings is 1. The zero-order valence-electron chi connectivity index (χ0n) is 19.5. The number of aromatic nitrogens is 1. The number of carbonyl (C=O) groups excluding carboxylic acids is 3. The van der Waals surface area contributed by atoms with E-state index in [1.54, 1.807) is 35.4 Å². The van der Waals surface area contributed by atoms with Crippen molar-refractivity contribution in [2.75, 3.05) is 26.2 Å². The van der Waals surface area contributed by atoms with Gasteiger partial charge in [0.1, 0.15) is 5.82 Å². The van der Waals surface area contributed by atoms with E-state index in [2.05, 4.69) is 10.3 Å². The summed E-state index contributed by atoms with van der Waals surface area (Å²) >= 11 is 0. The molecule has 8 nitrogen and oxygen atoms in total. The standard InChI is InChI=1S/C26H29FN4O4/c27-20-8-6-18(7-9-20)16-23(32)30-13-10-19(11-14-30)26(22-5-1-2-12-28-22)24(33)31(25(34)29-26)17-21-4-3-15-35-21/h1-2,5-9,12,19,21H,3-4,10-11,13-17H2,(H,29,34)/t21-,26+/m1/s1. The molecule has 5 rings (SSSR count). The van der Waals surface area contributed by atoms with Gasteiger partial charge < -0.3 is 15.0 Å². The van der Waals surface area contributed by atoms with E-state index in [9.17, 15) is 18.8 Å². The largest absolute Gasteiger partial charge is 0.376 e. The number of nitrogens with zero attached hydrogens (tertiary/aromatic N) is 3. The van der Waals surface area contributed by atoms with Crippen molar-refractivity contribution in [3.63, 3.8) is 0 Å². The van der Waals surface area contributed by atoms with Crippen molar-refractivity contribution < 1.29 is 23.5 Å². The molecule has 0 spiro atoms. The fourth-order valence-electron chi connectivity index (χ4n) is 5.46. The molecule has 1 aromatic heterocycles. The summed E-state index contributed by atoms with van der Waals surface area (Å²) in [5.41, 5.74) is 0.0130. The van der Waals surface area contributed by atoms with Crippen LogP contribution >= 0.6 is 0 Å². The summed E-state index contributed by atoms with van der Waals surface area (Å²) in [6.07, 6.45) is 4.51. The Bertz CT molecular complexity index is 1080. The Morgan fingerprint density at radius 1 is 1.11 bits per heavy atom. The van der Waals surface area contributed by atoms with E-state index in [-0.39, 0.29) is 42.6 Å². The second kappa shape index (κ2) is 9.73. The lowest BCUT2D eigenvalue weighted by Crippen LogP contribution is -2.55. The maximum absolute atomic E-state index is 13.8. The Labute approximate surface area is 203 Å². The van der Waals surface area contributed by atoms with Crippen LogP contribution in [0.25, 0.3) is 0 Å². The molecule has 35 heavy (non-hydrogen) atoms. The van der Waals surface area contributed by atoms with E-state index in [1.807, 2.05) is 6.07 Å². The lowest BCUT2D eigenvalue weighted by Gasteiger charge is -2.40. The summed E-state index contributed by atoms with van der Waals surface area (Å²) in [7, 11) is 0. The Balaban J connectivity index is 1.32. The summed E-state index contributed by atoms with van der Waals surface area (Å²) < 4.78 is 18.8. The second-order valence-electron chi connectivity index (χ2n) is 9.46. The quantitative estimate of drug-likeness (QED) is 0.642. The van der Waals surface area contributed by atoms with Crippen molar-refractivity contribution >= 4 is 17.8 Å². The molecular formula is C26H29FN4O4. The van der Waals surface area contributed by atoms with Crippen molar-refractivity contribution in [2.24, 2.45) is 5.92 Å². The highest BCUT2D eigenvalue weighted by Gasteiger charge is 2.58. The molecule has 2 aromatic rings. The highest BCUT2D eigenvalue weighted by atomic mass is 19.1. The topological polar surface area (TPSA) is 91.8 Å². The maximum atomic E-state index is 13.8. The second-order valence-corrected chi connectivity index (χ2v) is 9.46. The molecule has 184 valence electrons. The fraction of sp³-hybridized carbons (Fsp3) is 0.462. The molecule has 0 saturated carbocycles. The molecule has 4 heterocycles. The van der Waals surface area contributed by atoms with Crippen molar-refractivity contribution in [3.05, 3.63) is 65.7 Å². The molecule has 2 atom stereocenters. The summed E-state index contributed by atoms with van der Waals surface area (Å²) in [6.45, 7) is 1.81. The number of halogens is 1. The zero-order valence-corrected chi connectivity index (χ0v) is 19.5. The minimum absolute atomic E-state index is 0.0382. The molecule has 3 fully saturated rings. The van der Waals surface area contributed by atoms with Crippen LogP contribution in [-0.4, -0.2) is 65.0 Å². The minimum atomic E-state index is -1.26. The summed E-state index contributed by atoms with van der Waals surface area (Å²) in [5.74, 6) is -0.881. The van der Waals surface area contributed by atoms with Gasteiger partial charge in [-0.05, 0) is 55.5 Å². The van der Waals surface area contributed by atoms with Gasteiger partial charge >= 0.3 is 6.03 Å². The number of urea groups is 1. The fourth-order valence-corrected chi connectivity index (χ4v) is 5.46. The summed E-state index contributed by atoms with van der Waals surface area (Å²) in [5, 5.41) is 3.00. The van der Waals surface area contributed by atoms with Crippen molar-refractivity contribution in [2.45, 2.75) is 43.7 Å². The first-order chi connectivity index (χ1) is 17.0. The molecule has 0 bridgehead atoms. The van der Waals surface area contributed by atoms with Crippen LogP contribution in [0.3, 0.4) is 0 Å². The molecular weight excluding hydrogens is 451 g/mol. The number of ether oxygens (including phenoxy) is 1. The van der Waals surface area contributed by atoms with Gasteiger partial charge in [0.2, 0.25) is 5.91 Å². The van der Waals surface area contributed by atoms with Gasteiger partial charge in [-0.2, -0.15) is 0 Å². The third kappa shape index (κ3) is 4.52. The summed E-state index contributed by atoms with van der Waals surface area (Å²) in [6, 6.07) is 10.9. The third-order valence-corrected chi connectivity index (χ3v) is 7.34. The van der Waals surface area contributed by atoms with Crippen LogP contribution in [0.15, 0.2) is 48.7 Å². The Morgan fingerprint density at radius 3 is 2.54 bits per heavy atom. The highest BCUT2D eigenvalue weighted by Crippen LogP contribution is 2.41. The number of likely N-dealkylation sites (tertiary alicyclic amines) is 1. The van der Waals surface area contributed by atoms with Gasteiger partial charge in [0, 0.05) is 31.8 Å². The molecule has 0 aliphatic carbocycles. The minimum Gasteiger partial charge on any atom is -0.376 e. The molecule has 1 N–H and O–H groups in total. The lowest BCUT2D eigenvalue weighted by molar-refractivity contribution is -0.137. The average Bonchev–Trinajstić information content (AvgIpc) is 3.49. The van der Waals surface area contributed by atoms with E-state index in [0.717, 1.165) is 18.4 Å². The Kier molecular flexibility index (Phi) is 6.51. The van der Waals surface area contributed by atoms with E-state index in [4.69, 9.17) is 4.74 Å². The number of imide groups is 1. The van der Waals surface area contributed by atoms with Gasteiger partial charge in [-0.3, -0.25) is 19.5 Å². The predicted octanol–water partition coefficient (Wildman–Crippen LogP) is 2.63. The number of benzene rings is 1. The molecule has 9 heteroatoms. The van der Waals surface area contributed by atoms with Crippen molar-refractivity contribution in [1.29, 1.82) is 0 Å². The Hall–Kier alpha value is -3.33. The summed E-state index contributed by atoms with van der Waals surface area (Å²) in [4.78, 5) is 47.2. The monoisotopic (exact) mass is 480 g/mol. The smallest absolute Gasteiger partial charge is 0.325 e. The number of carbonyl (C=O) groups is 3. The van der Waals surface area contributed by atoms with Crippen LogP contribution < -0.4 is 5.32 Å². The lowest BCUT2D eigenvalue weighted by atomic mass is 9.75. The molecule has 3 aliphatic rings. The van der Waals surface area contributed by atoms with Gasteiger partial charge in [0.15, 0.2) is 5.54 Å². The first-order valence-corrected chi connectivity index (χ1v) is 12.2. The van der Waals surface area contributed by atoms with Gasteiger partial charge in [-0.1, -0.05) is 18.2 Å². The zero-order chi connectivity index (χ0) is 24.4. The highest BCUT2D eigenvalue weighted by molar-refractivity contribution is 6.07. The van der Waals surface area contributed by atoms with Gasteiger partial charge in [-0.15, -0.1) is 0 Å². The number of hydrogen-bond donors (Lipinski definition) is 1. The van der Waals surface area contributed by atoms with E-state index in [0.29, 0.717) is 38.2 Å². The predicted molar refractivity (Wildman–Crippen MR) is 125 cm³/mol. The van der Waals surface area contributed by atoms with Gasteiger partial charge in [0.25, 0.3) is 5.91 Å². The van der Waals surface area contributed by atoms with Crippen LogP contribution in [0.4, 0.5) is 9.18 Å². The number of amides is 4. The number of hydrogen-bond acceptors (Lipinski definition) is 5. The first-order valence-electron chi connectivity index (χ1n) is 12.2. The van der Waals surface area contributed by atoms with E-state index >= 15 is 0 Å². The molecule has 0 radical (unpaired) electrons. The van der Waals surface area contributed by atoms with E-state index < -0.39 is 11.6 Å². The van der Waals surface area contributed by atoms with Gasteiger partial charge in [0.05, 0.1) is 24.8 Å². The van der Waals surface area contributed by atoms with Crippen LogP contribution in [-0.2, 0) is 26.3 Å². The van der Waals surface area contributed by atoms with Crippen LogP contribution in [0, 0.1) is 11.7 Å². The SMILES string of the molecule is O=C(Cc1ccc(F)cc1)N1CCC([C@@]2(c3ccccn3)NC(=O)N(C[C@H]3CCCO3)C2=O)CC1. The van der Waals surface area contributed by atoms with Crippen molar-refractivity contribution in [1.82, 2.24) is 20.1 Å². The van der Waals surface area contributed by atoms with Crippen LogP contribution in [0.5, 0.6) is 0 Å². The number of rotatable bonds is 6. The van der Waals surface area contributed by atoms with Gasteiger partial charge in [-0.25, -0.2) is 9.18 Å². The number of nitrogens with one attached hydrogen (secondary N) is 1. The van der Waals surface area contributed by atoms with Crippen molar-refractivity contribution in [3.8, 4) is 0 Å². The third-order valence-electron chi connectivity index (χ3n) is 7.34. The van der Waals surface area contributed by atoms with Crippen LogP contribution in [0.1, 0.15) is 36.9 Å². The average molecular weight is 481 g/mol. The molecule has 0 unspecified atom stereocenters. The first kappa shape index (κ1) is 23.4.